The van der Waals surface area contributed by atoms with E-state index in [0.717, 1.165) is 5.96 Å². The Morgan fingerprint density at radius 2 is 1.13 bits per heavy atom. The topological polar surface area (TPSA) is 18.3 Å². The first-order valence-electron chi connectivity index (χ1n) is 10.7. The molecule has 0 unspecified atom stereocenters. The molecule has 3 nitrogen and oxygen atoms in total. The summed E-state index contributed by atoms with van der Waals surface area (Å²) in [6, 6.07) is 32.6. The van der Waals surface area contributed by atoms with Crippen molar-refractivity contribution in [3.05, 3.63) is 108 Å². The fraction of sp³-hybridized carbons (Fsp3) is 0.296. The lowest BCUT2D eigenvalue weighted by Crippen LogP contribution is -2.47. The van der Waals surface area contributed by atoms with Crippen molar-refractivity contribution in [2.24, 2.45) is 0 Å². The summed E-state index contributed by atoms with van der Waals surface area (Å²) < 4.78 is 2.34. The van der Waals surface area contributed by atoms with E-state index in [1.54, 1.807) is 0 Å². The number of rotatable bonds is 6. The molecule has 0 aliphatic rings. The minimum Gasteiger partial charge on any atom is -0.271 e. The number of hydrogen-bond acceptors (Lipinski definition) is 0. The van der Waals surface area contributed by atoms with Gasteiger partial charge in [-0.05, 0) is 37.5 Å². The Morgan fingerprint density at radius 1 is 0.700 bits per heavy atom. The molecule has 0 aliphatic heterocycles. The number of nitrogens with one attached hydrogen (secondary N) is 1. The minimum absolute atomic E-state index is 0.192. The lowest BCUT2D eigenvalue weighted by Gasteiger charge is -2.28. The average Bonchev–Trinajstić information content (AvgIpc) is 2.82. The summed E-state index contributed by atoms with van der Waals surface area (Å²) in [6.45, 7) is 6.73. The summed E-state index contributed by atoms with van der Waals surface area (Å²) >= 11 is 0. The molecular weight excluding hydrogens is 366 g/mol. The largest absolute Gasteiger partial charge is 0.349 e. The monoisotopic (exact) mass is 400 g/mol. The third kappa shape index (κ3) is 5.10. The highest BCUT2D eigenvalue weighted by Crippen LogP contribution is 2.22. The standard InChI is InChI=1S/C27H33N3/c1-21(24-15-9-6-10-16-24)28-27(29(4)22(2)25-17-11-7-12-18-25)30(5)23(3)26-19-13-8-14-20-26/h6-23H,1-5H3/p+1/t21-,22-,23-/m0/s1. The van der Waals surface area contributed by atoms with Crippen LogP contribution in [-0.2, 0) is 0 Å². The van der Waals surface area contributed by atoms with Crippen molar-refractivity contribution in [3.63, 3.8) is 0 Å². The first kappa shape index (κ1) is 21.6. The molecule has 3 atom stereocenters. The molecule has 0 aromatic heterocycles. The molecule has 0 heterocycles. The van der Waals surface area contributed by atoms with Crippen molar-refractivity contribution in [2.45, 2.75) is 38.9 Å². The van der Waals surface area contributed by atoms with Gasteiger partial charge in [0.25, 0.3) is 0 Å². The Labute approximate surface area is 181 Å². The van der Waals surface area contributed by atoms with Gasteiger partial charge in [-0.2, -0.15) is 0 Å². The predicted molar refractivity (Wildman–Crippen MR) is 127 cm³/mol. The van der Waals surface area contributed by atoms with Gasteiger partial charge in [0.2, 0.25) is 0 Å². The Balaban J connectivity index is 1.97. The maximum atomic E-state index is 3.80. The fourth-order valence-electron chi connectivity index (χ4n) is 3.75. The zero-order valence-electron chi connectivity index (χ0n) is 18.8. The van der Waals surface area contributed by atoms with Crippen LogP contribution in [0, 0.1) is 0 Å². The van der Waals surface area contributed by atoms with E-state index in [1.807, 2.05) is 0 Å². The van der Waals surface area contributed by atoms with Gasteiger partial charge in [-0.3, -0.25) is 14.8 Å². The lowest BCUT2D eigenvalue weighted by atomic mass is 10.1. The highest BCUT2D eigenvalue weighted by molar-refractivity contribution is 5.76. The number of benzene rings is 3. The molecule has 0 bridgehead atoms. The van der Waals surface area contributed by atoms with Gasteiger partial charge < -0.3 is 0 Å². The van der Waals surface area contributed by atoms with Crippen LogP contribution in [0.2, 0.25) is 0 Å². The Morgan fingerprint density at radius 3 is 1.63 bits per heavy atom. The second kappa shape index (κ2) is 10.1. The van der Waals surface area contributed by atoms with E-state index in [4.69, 9.17) is 0 Å². The summed E-state index contributed by atoms with van der Waals surface area (Å²) in [6.07, 6.45) is 0. The molecule has 3 rings (SSSR count). The molecule has 0 saturated heterocycles. The van der Waals surface area contributed by atoms with E-state index in [-0.39, 0.29) is 18.1 Å². The smallest absolute Gasteiger partial charge is 0.271 e. The molecule has 0 amide bonds. The van der Waals surface area contributed by atoms with Crippen LogP contribution in [0.15, 0.2) is 91.0 Å². The molecule has 156 valence electrons. The van der Waals surface area contributed by atoms with Gasteiger partial charge in [0.1, 0.15) is 0 Å². The molecule has 0 saturated carbocycles. The Kier molecular flexibility index (Phi) is 7.29. The van der Waals surface area contributed by atoms with Crippen LogP contribution >= 0.6 is 0 Å². The second-order valence-electron chi connectivity index (χ2n) is 8.00. The number of hydrogen-bond donors (Lipinski definition) is 1. The third-order valence-corrected chi connectivity index (χ3v) is 6.04. The van der Waals surface area contributed by atoms with Gasteiger partial charge in [0.05, 0.1) is 32.2 Å². The predicted octanol–water partition coefficient (Wildman–Crippen LogP) is 5.79. The minimum atomic E-state index is 0.192. The number of nitrogens with zero attached hydrogens (tertiary/aromatic N) is 2. The van der Waals surface area contributed by atoms with Gasteiger partial charge in [-0.1, -0.05) is 91.0 Å². The molecule has 3 aromatic carbocycles. The van der Waals surface area contributed by atoms with Crippen LogP contribution in [0.5, 0.6) is 0 Å². The van der Waals surface area contributed by atoms with Crippen molar-refractivity contribution in [1.82, 2.24) is 10.2 Å². The van der Waals surface area contributed by atoms with Crippen molar-refractivity contribution in [3.8, 4) is 0 Å². The lowest BCUT2D eigenvalue weighted by molar-refractivity contribution is -0.547. The van der Waals surface area contributed by atoms with Crippen LogP contribution in [0.25, 0.3) is 0 Å². The van der Waals surface area contributed by atoms with E-state index in [9.17, 15) is 0 Å². The fourth-order valence-corrected chi connectivity index (χ4v) is 3.75. The van der Waals surface area contributed by atoms with Gasteiger partial charge in [-0.25, -0.2) is 0 Å². The van der Waals surface area contributed by atoms with Crippen molar-refractivity contribution in [2.75, 3.05) is 14.1 Å². The molecule has 30 heavy (non-hydrogen) atoms. The van der Waals surface area contributed by atoms with Gasteiger partial charge in [-0.15, -0.1) is 0 Å². The summed E-state index contributed by atoms with van der Waals surface area (Å²) in [5.41, 5.74) is 3.87. The Hall–Kier alpha value is -3.07. The van der Waals surface area contributed by atoms with E-state index in [0.29, 0.717) is 0 Å². The zero-order chi connectivity index (χ0) is 21.5. The highest BCUT2D eigenvalue weighted by atomic mass is 15.3. The first-order valence-corrected chi connectivity index (χ1v) is 10.7. The normalized spacial score (nSPS) is 15.0. The maximum absolute atomic E-state index is 3.80. The van der Waals surface area contributed by atoms with Crippen LogP contribution < -0.4 is 5.32 Å². The second-order valence-corrected chi connectivity index (χ2v) is 8.00. The molecule has 0 fully saturated rings. The molecule has 1 N–H and O–H groups in total. The summed E-state index contributed by atoms with van der Waals surface area (Å²) in [4.78, 5) is 2.34. The SMILES string of the molecule is C[C@H](NC(N(C)[C@@H](C)c1ccccc1)=[N+](C)[C@@H](C)c1ccccc1)c1ccccc1. The molecule has 3 aromatic rings. The highest BCUT2D eigenvalue weighted by Gasteiger charge is 2.28. The van der Waals surface area contributed by atoms with Crippen molar-refractivity contribution < 1.29 is 4.58 Å². The van der Waals surface area contributed by atoms with Crippen molar-refractivity contribution >= 4 is 5.96 Å². The Bertz CT molecular complexity index is 936. The first-order chi connectivity index (χ1) is 14.5. The molecule has 0 aliphatic carbocycles. The van der Waals surface area contributed by atoms with Gasteiger partial charge >= 0.3 is 5.96 Å². The molecule has 0 spiro atoms. The van der Waals surface area contributed by atoms with Gasteiger partial charge in [0.15, 0.2) is 0 Å². The van der Waals surface area contributed by atoms with Gasteiger partial charge in [0, 0.05) is 0 Å². The quantitative estimate of drug-likeness (QED) is 0.321. The van der Waals surface area contributed by atoms with E-state index in [2.05, 4.69) is 141 Å². The molecule has 3 heteroatoms. The van der Waals surface area contributed by atoms with Crippen LogP contribution in [0.1, 0.15) is 55.6 Å². The summed E-state index contributed by atoms with van der Waals surface area (Å²) in [5.74, 6) is 1.11. The molecule has 0 radical (unpaired) electrons. The summed E-state index contributed by atoms with van der Waals surface area (Å²) in [5, 5.41) is 3.80. The van der Waals surface area contributed by atoms with Crippen LogP contribution in [0.3, 0.4) is 0 Å². The van der Waals surface area contributed by atoms with E-state index < -0.39 is 0 Å². The van der Waals surface area contributed by atoms with E-state index in [1.165, 1.54) is 16.7 Å². The summed E-state index contributed by atoms with van der Waals surface area (Å²) in [7, 11) is 4.35. The average molecular weight is 401 g/mol. The van der Waals surface area contributed by atoms with Crippen LogP contribution in [-0.4, -0.2) is 29.5 Å². The number of guanidine groups is 1. The maximum Gasteiger partial charge on any atom is 0.349 e. The van der Waals surface area contributed by atoms with E-state index >= 15 is 0 Å². The molecular formula is C27H34N3+. The van der Waals surface area contributed by atoms with Crippen LogP contribution in [0.4, 0.5) is 0 Å². The van der Waals surface area contributed by atoms with Crippen molar-refractivity contribution in [1.29, 1.82) is 0 Å². The third-order valence-electron chi connectivity index (χ3n) is 6.04. The zero-order valence-corrected chi connectivity index (χ0v) is 18.8.